The number of ether oxygens (including phenoxy) is 1. The molecule has 3 N–H and O–H groups in total. The van der Waals surface area contributed by atoms with Gasteiger partial charge in [-0.25, -0.2) is 13.6 Å². The zero-order chi connectivity index (χ0) is 21.4. The molecule has 0 radical (unpaired) electrons. The van der Waals surface area contributed by atoms with Crippen LogP contribution in [-0.4, -0.2) is 33.6 Å². The van der Waals surface area contributed by atoms with Crippen LogP contribution < -0.4 is 10.5 Å². The lowest BCUT2D eigenvalue weighted by Crippen LogP contribution is -2.26. The molecule has 1 aromatic carbocycles. The molecule has 0 unspecified atom stereocenters. The summed E-state index contributed by atoms with van der Waals surface area (Å²) < 4.78 is 33.7. The summed E-state index contributed by atoms with van der Waals surface area (Å²) in [5.74, 6) is 0.290. The number of carbonyl (C=O) groups excluding carboxylic acids is 1. The van der Waals surface area contributed by atoms with Crippen molar-refractivity contribution in [3.05, 3.63) is 47.7 Å². The normalized spacial score (nSPS) is 12.0. The van der Waals surface area contributed by atoms with Gasteiger partial charge in [0.05, 0.1) is 11.0 Å². The highest BCUT2D eigenvalue weighted by atomic mass is 32.2. The van der Waals surface area contributed by atoms with E-state index >= 15 is 0 Å². The summed E-state index contributed by atoms with van der Waals surface area (Å²) in [5.41, 5.74) is 0.547. The smallest absolute Gasteiger partial charge is 0.262 e. The number of amides is 1. The van der Waals surface area contributed by atoms with E-state index in [-0.39, 0.29) is 16.6 Å². The summed E-state index contributed by atoms with van der Waals surface area (Å²) in [6.07, 6.45) is 2.12. The molecule has 0 fully saturated rings. The molecule has 2 aromatic rings. The first-order chi connectivity index (χ1) is 13.7. The topological polar surface area (TPSA) is 135 Å². The molecule has 1 aromatic heterocycles. The summed E-state index contributed by atoms with van der Waals surface area (Å²) in [6, 6.07) is 11.0. The summed E-state index contributed by atoms with van der Waals surface area (Å²) in [6.45, 7) is 4.78. The SMILES string of the molecule is CC(C)OCCCNC(=O)C(C#N)=Cc1ccc(-c2ccc(S(N)(=O)=O)cc2)o1. The van der Waals surface area contributed by atoms with Crippen molar-refractivity contribution in [1.29, 1.82) is 5.26 Å². The van der Waals surface area contributed by atoms with E-state index < -0.39 is 15.9 Å². The molecule has 0 atom stereocenters. The van der Waals surface area contributed by atoms with Gasteiger partial charge in [-0.15, -0.1) is 0 Å². The van der Waals surface area contributed by atoms with Gasteiger partial charge in [-0.2, -0.15) is 5.26 Å². The molecule has 0 spiro atoms. The van der Waals surface area contributed by atoms with Crippen LogP contribution in [0.3, 0.4) is 0 Å². The first-order valence-corrected chi connectivity index (χ1v) is 10.5. The fourth-order valence-electron chi connectivity index (χ4n) is 2.37. The van der Waals surface area contributed by atoms with Crippen molar-refractivity contribution in [3.8, 4) is 17.4 Å². The van der Waals surface area contributed by atoms with E-state index in [9.17, 15) is 18.5 Å². The van der Waals surface area contributed by atoms with Gasteiger partial charge in [0.25, 0.3) is 5.91 Å². The van der Waals surface area contributed by atoms with Crippen LogP contribution in [0.4, 0.5) is 0 Å². The number of nitrogens with two attached hydrogens (primary N) is 1. The van der Waals surface area contributed by atoms with E-state index in [1.165, 1.54) is 18.2 Å². The van der Waals surface area contributed by atoms with E-state index in [0.29, 0.717) is 36.7 Å². The number of nitriles is 1. The number of furan rings is 1. The summed E-state index contributed by atoms with van der Waals surface area (Å²) in [4.78, 5) is 12.1. The van der Waals surface area contributed by atoms with Gasteiger partial charge in [-0.05, 0) is 56.7 Å². The van der Waals surface area contributed by atoms with Crippen molar-refractivity contribution in [3.63, 3.8) is 0 Å². The Labute approximate surface area is 170 Å². The van der Waals surface area contributed by atoms with Crippen molar-refractivity contribution in [1.82, 2.24) is 5.32 Å². The molecule has 0 bridgehead atoms. The lowest BCUT2D eigenvalue weighted by Gasteiger charge is -2.07. The number of carbonyl (C=O) groups is 1. The largest absolute Gasteiger partial charge is 0.457 e. The lowest BCUT2D eigenvalue weighted by molar-refractivity contribution is -0.117. The maximum atomic E-state index is 12.1. The molecule has 29 heavy (non-hydrogen) atoms. The average molecular weight is 417 g/mol. The van der Waals surface area contributed by atoms with Crippen LogP contribution in [0, 0.1) is 11.3 Å². The minimum atomic E-state index is -3.77. The highest BCUT2D eigenvalue weighted by Gasteiger charge is 2.12. The van der Waals surface area contributed by atoms with Crippen molar-refractivity contribution < 1.29 is 22.4 Å². The third-order valence-electron chi connectivity index (χ3n) is 3.80. The molecule has 0 aliphatic carbocycles. The molecular formula is C20H23N3O5S. The third-order valence-corrected chi connectivity index (χ3v) is 4.73. The molecule has 2 rings (SSSR count). The highest BCUT2D eigenvalue weighted by Crippen LogP contribution is 2.24. The van der Waals surface area contributed by atoms with Crippen molar-refractivity contribution in [2.45, 2.75) is 31.3 Å². The molecule has 0 saturated carbocycles. The molecule has 9 heteroatoms. The van der Waals surface area contributed by atoms with Crippen LogP contribution in [-0.2, 0) is 19.6 Å². The molecule has 1 heterocycles. The predicted molar refractivity (Wildman–Crippen MR) is 108 cm³/mol. The maximum Gasteiger partial charge on any atom is 0.262 e. The van der Waals surface area contributed by atoms with Crippen LogP contribution in [0.25, 0.3) is 17.4 Å². The van der Waals surface area contributed by atoms with E-state index in [1.54, 1.807) is 24.3 Å². The minimum absolute atomic E-state index is 0.00448. The van der Waals surface area contributed by atoms with Gasteiger partial charge in [0.1, 0.15) is 23.2 Å². The molecule has 8 nitrogen and oxygen atoms in total. The second kappa shape index (κ2) is 10.0. The quantitative estimate of drug-likeness (QED) is 0.365. The Morgan fingerprint density at radius 3 is 2.55 bits per heavy atom. The van der Waals surface area contributed by atoms with Gasteiger partial charge in [0, 0.05) is 24.8 Å². The minimum Gasteiger partial charge on any atom is -0.457 e. The Hall–Kier alpha value is -2.93. The van der Waals surface area contributed by atoms with Crippen LogP contribution in [0.15, 0.2) is 51.3 Å². The molecule has 0 saturated heterocycles. The monoisotopic (exact) mass is 417 g/mol. The number of benzene rings is 1. The van der Waals surface area contributed by atoms with E-state index in [4.69, 9.17) is 14.3 Å². The zero-order valence-corrected chi connectivity index (χ0v) is 17.0. The maximum absolute atomic E-state index is 12.1. The van der Waals surface area contributed by atoms with Crippen LogP contribution >= 0.6 is 0 Å². The van der Waals surface area contributed by atoms with Gasteiger partial charge >= 0.3 is 0 Å². The highest BCUT2D eigenvalue weighted by molar-refractivity contribution is 7.89. The Morgan fingerprint density at radius 2 is 1.97 bits per heavy atom. The van der Waals surface area contributed by atoms with Gasteiger partial charge in [0.2, 0.25) is 10.0 Å². The Bertz CT molecular complexity index is 1020. The number of nitrogens with zero attached hydrogens (tertiary/aromatic N) is 1. The number of sulfonamides is 1. The number of primary sulfonamides is 1. The predicted octanol–water partition coefficient (Wildman–Crippen LogP) is 2.43. The van der Waals surface area contributed by atoms with Gasteiger partial charge in [-0.3, -0.25) is 4.79 Å². The molecule has 1 amide bonds. The van der Waals surface area contributed by atoms with E-state index in [2.05, 4.69) is 5.32 Å². The Morgan fingerprint density at radius 1 is 1.28 bits per heavy atom. The lowest BCUT2D eigenvalue weighted by atomic mass is 10.2. The Balaban J connectivity index is 2.03. The number of hydrogen-bond donors (Lipinski definition) is 2. The van der Waals surface area contributed by atoms with Crippen LogP contribution in [0.5, 0.6) is 0 Å². The molecule has 154 valence electrons. The first-order valence-electron chi connectivity index (χ1n) is 8.95. The fourth-order valence-corrected chi connectivity index (χ4v) is 2.89. The standard InChI is InChI=1S/C20H23N3O5S/c1-14(2)27-11-3-10-23-20(24)16(13-21)12-17-6-9-19(28-17)15-4-7-18(8-5-15)29(22,25)26/h4-9,12,14H,3,10-11H2,1-2H3,(H,23,24)(H2,22,25,26). The summed E-state index contributed by atoms with van der Waals surface area (Å²) in [5, 5.41) is 17.0. The molecule has 0 aliphatic heterocycles. The number of hydrogen-bond acceptors (Lipinski definition) is 6. The fraction of sp³-hybridized carbons (Fsp3) is 0.300. The van der Waals surface area contributed by atoms with Gasteiger partial charge in [0.15, 0.2) is 0 Å². The van der Waals surface area contributed by atoms with Crippen molar-refractivity contribution >= 4 is 22.0 Å². The van der Waals surface area contributed by atoms with E-state index in [0.717, 1.165) is 0 Å². The molecular weight excluding hydrogens is 394 g/mol. The zero-order valence-electron chi connectivity index (χ0n) is 16.2. The summed E-state index contributed by atoms with van der Waals surface area (Å²) >= 11 is 0. The van der Waals surface area contributed by atoms with Crippen molar-refractivity contribution in [2.75, 3.05) is 13.2 Å². The number of rotatable bonds is 9. The molecule has 0 aliphatic rings. The van der Waals surface area contributed by atoms with E-state index in [1.807, 2.05) is 19.9 Å². The average Bonchev–Trinajstić information content (AvgIpc) is 3.13. The summed E-state index contributed by atoms with van der Waals surface area (Å²) in [7, 11) is -3.77. The Kier molecular flexibility index (Phi) is 7.73. The van der Waals surface area contributed by atoms with Crippen LogP contribution in [0.1, 0.15) is 26.0 Å². The van der Waals surface area contributed by atoms with Crippen molar-refractivity contribution in [2.24, 2.45) is 5.14 Å². The third kappa shape index (κ3) is 6.87. The number of nitrogens with one attached hydrogen (secondary N) is 1. The van der Waals surface area contributed by atoms with Crippen LogP contribution in [0.2, 0.25) is 0 Å². The van der Waals surface area contributed by atoms with Gasteiger partial charge in [-0.1, -0.05) is 0 Å². The first kappa shape index (κ1) is 22.4. The van der Waals surface area contributed by atoms with Gasteiger partial charge < -0.3 is 14.5 Å². The second-order valence-electron chi connectivity index (χ2n) is 6.47. The second-order valence-corrected chi connectivity index (χ2v) is 8.03.